The summed E-state index contributed by atoms with van der Waals surface area (Å²) in [5.74, 6) is 1.56. The molecule has 7 heteroatoms. The number of carbonyl (C=O) groups excluding carboxylic acids is 1. The standard InChI is InChI=1S/C23H27N5O2/c1-26-15-12-24-22(26)21(29)17-10-13-28(14-11-17)23(30)18-8-9-20(25-16-18)27(2)19-6-4-3-5-7-19/h3-9,12,15-17,21,29H,10-11,13-14H2,1-2H3. The highest BCUT2D eigenvalue weighted by Crippen LogP contribution is 2.30. The first-order valence-corrected chi connectivity index (χ1v) is 10.2. The van der Waals surface area contributed by atoms with E-state index >= 15 is 0 Å². The van der Waals surface area contributed by atoms with Crippen LogP contribution in [-0.2, 0) is 7.05 Å². The molecule has 0 spiro atoms. The molecule has 7 nitrogen and oxygen atoms in total. The van der Waals surface area contributed by atoms with Gasteiger partial charge >= 0.3 is 0 Å². The van der Waals surface area contributed by atoms with E-state index in [1.807, 2.05) is 77.1 Å². The van der Waals surface area contributed by atoms with Gasteiger partial charge in [0.05, 0.1) is 5.56 Å². The molecule has 4 rings (SSSR count). The third-order valence-corrected chi connectivity index (χ3v) is 5.88. The van der Waals surface area contributed by atoms with E-state index in [1.54, 1.807) is 12.4 Å². The predicted octanol–water partition coefficient (Wildman–Crippen LogP) is 3.17. The number of hydrogen-bond donors (Lipinski definition) is 1. The van der Waals surface area contributed by atoms with Crippen molar-refractivity contribution in [2.45, 2.75) is 18.9 Å². The van der Waals surface area contributed by atoms with Gasteiger partial charge in [-0.3, -0.25) is 4.79 Å². The molecule has 1 unspecified atom stereocenters. The Hall–Kier alpha value is -3.19. The van der Waals surface area contributed by atoms with Crippen molar-refractivity contribution in [3.8, 4) is 0 Å². The van der Waals surface area contributed by atoms with Gasteiger partial charge in [0.1, 0.15) is 17.7 Å². The molecule has 0 radical (unpaired) electrons. The largest absolute Gasteiger partial charge is 0.385 e. The second-order valence-electron chi connectivity index (χ2n) is 7.77. The first kappa shape index (κ1) is 20.1. The van der Waals surface area contributed by atoms with Crippen LogP contribution in [0.4, 0.5) is 11.5 Å². The number of carbonyl (C=O) groups is 1. The molecule has 30 heavy (non-hydrogen) atoms. The topological polar surface area (TPSA) is 74.5 Å². The number of piperidine rings is 1. The number of para-hydroxylation sites is 1. The third-order valence-electron chi connectivity index (χ3n) is 5.88. The lowest BCUT2D eigenvalue weighted by Gasteiger charge is -2.34. The van der Waals surface area contributed by atoms with Crippen molar-refractivity contribution in [2.75, 3.05) is 25.0 Å². The summed E-state index contributed by atoms with van der Waals surface area (Å²) in [6.45, 7) is 1.24. The maximum atomic E-state index is 12.9. The van der Waals surface area contributed by atoms with Crippen LogP contribution in [0.1, 0.15) is 35.1 Å². The number of rotatable bonds is 5. The predicted molar refractivity (Wildman–Crippen MR) is 116 cm³/mol. The zero-order valence-corrected chi connectivity index (χ0v) is 17.3. The van der Waals surface area contributed by atoms with E-state index in [0.29, 0.717) is 24.5 Å². The second kappa shape index (κ2) is 8.67. The van der Waals surface area contributed by atoms with E-state index in [2.05, 4.69) is 9.97 Å². The molecule has 1 aliphatic heterocycles. The Morgan fingerprint density at radius 2 is 1.87 bits per heavy atom. The number of nitrogens with zero attached hydrogens (tertiary/aromatic N) is 5. The highest BCUT2D eigenvalue weighted by molar-refractivity contribution is 5.94. The van der Waals surface area contributed by atoms with Crippen molar-refractivity contribution in [1.29, 1.82) is 0 Å². The maximum absolute atomic E-state index is 12.9. The Balaban J connectivity index is 1.37. The molecule has 0 aliphatic carbocycles. The zero-order chi connectivity index (χ0) is 21.1. The van der Waals surface area contributed by atoms with E-state index in [1.165, 1.54) is 0 Å². The van der Waals surface area contributed by atoms with Crippen LogP contribution in [0.2, 0.25) is 0 Å². The van der Waals surface area contributed by atoms with Gasteiger partial charge in [0.15, 0.2) is 0 Å². The van der Waals surface area contributed by atoms with Crippen molar-refractivity contribution in [3.05, 3.63) is 72.4 Å². The molecule has 1 atom stereocenters. The van der Waals surface area contributed by atoms with E-state index in [-0.39, 0.29) is 11.8 Å². The second-order valence-corrected chi connectivity index (χ2v) is 7.77. The smallest absolute Gasteiger partial charge is 0.255 e. The van der Waals surface area contributed by atoms with Crippen molar-refractivity contribution in [3.63, 3.8) is 0 Å². The van der Waals surface area contributed by atoms with Gasteiger partial charge in [-0.2, -0.15) is 0 Å². The lowest BCUT2D eigenvalue weighted by molar-refractivity contribution is 0.0420. The van der Waals surface area contributed by atoms with Crippen molar-refractivity contribution in [1.82, 2.24) is 19.4 Å². The number of aliphatic hydroxyl groups excluding tert-OH is 1. The number of benzene rings is 1. The lowest BCUT2D eigenvalue weighted by Crippen LogP contribution is -2.40. The average Bonchev–Trinajstić information content (AvgIpc) is 3.24. The van der Waals surface area contributed by atoms with Crippen molar-refractivity contribution >= 4 is 17.4 Å². The minimum Gasteiger partial charge on any atom is -0.385 e. The molecular formula is C23H27N5O2. The summed E-state index contributed by atoms with van der Waals surface area (Å²) in [4.78, 5) is 25.5. The van der Waals surface area contributed by atoms with Gasteiger partial charge in [0, 0.05) is 51.5 Å². The molecule has 156 valence electrons. The Bertz CT molecular complexity index is 978. The minimum absolute atomic E-state index is 0.0126. The lowest BCUT2D eigenvalue weighted by atomic mass is 9.90. The number of aliphatic hydroxyl groups is 1. The highest BCUT2D eigenvalue weighted by Gasteiger charge is 2.30. The number of anilines is 2. The molecule has 3 heterocycles. The van der Waals surface area contributed by atoms with Gasteiger partial charge in [-0.1, -0.05) is 18.2 Å². The van der Waals surface area contributed by atoms with Crippen LogP contribution in [0.3, 0.4) is 0 Å². The summed E-state index contributed by atoms with van der Waals surface area (Å²) < 4.78 is 1.85. The zero-order valence-electron chi connectivity index (χ0n) is 17.3. The van der Waals surface area contributed by atoms with Crippen LogP contribution >= 0.6 is 0 Å². The molecule has 3 aromatic rings. The fourth-order valence-electron chi connectivity index (χ4n) is 3.97. The third kappa shape index (κ3) is 4.07. The number of imidazole rings is 1. The van der Waals surface area contributed by atoms with Gasteiger partial charge in [0.2, 0.25) is 0 Å². The van der Waals surface area contributed by atoms with Gasteiger partial charge in [-0.25, -0.2) is 9.97 Å². The van der Waals surface area contributed by atoms with Crippen LogP contribution in [0.15, 0.2) is 61.1 Å². The van der Waals surface area contributed by atoms with Gasteiger partial charge in [-0.15, -0.1) is 0 Å². The monoisotopic (exact) mass is 405 g/mol. The van der Waals surface area contributed by atoms with Crippen LogP contribution < -0.4 is 4.90 Å². The number of aryl methyl sites for hydroxylation is 1. The number of aromatic nitrogens is 3. The van der Waals surface area contributed by atoms with Gasteiger partial charge in [0.25, 0.3) is 5.91 Å². The highest BCUT2D eigenvalue weighted by atomic mass is 16.3. The summed E-state index contributed by atoms with van der Waals surface area (Å²) in [5, 5.41) is 10.6. The van der Waals surface area contributed by atoms with Crippen molar-refractivity contribution < 1.29 is 9.90 Å². The van der Waals surface area contributed by atoms with Gasteiger partial charge < -0.3 is 19.5 Å². The fraction of sp³-hybridized carbons (Fsp3) is 0.348. The molecule has 0 bridgehead atoms. The molecule has 1 saturated heterocycles. The SMILES string of the molecule is CN(c1ccccc1)c1ccc(C(=O)N2CCC(C(O)c3nccn3C)CC2)cn1. The molecule has 1 N–H and O–H groups in total. The molecule has 1 aromatic carbocycles. The van der Waals surface area contributed by atoms with Gasteiger partial charge in [-0.05, 0) is 43.0 Å². The summed E-state index contributed by atoms with van der Waals surface area (Å²) in [7, 11) is 3.84. The van der Waals surface area contributed by atoms with Crippen LogP contribution in [0.25, 0.3) is 0 Å². The summed E-state index contributed by atoms with van der Waals surface area (Å²) in [6.07, 6.45) is 6.08. The number of hydrogen-bond acceptors (Lipinski definition) is 5. The number of amides is 1. The normalized spacial score (nSPS) is 15.8. The van der Waals surface area contributed by atoms with E-state index in [9.17, 15) is 9.90 Å². The Labute approximate surface area is 176 Å². The molecule has 0 saturated carbocycles. The Kier molecular flexibility index (Phi) is 5.81. The molecule has 1 fully saturated rings. The van der Waals surface area contributed by atoms with Crippen LogP contribution in [-0.4, -0.2) is 50.6 Å². The van der Waals surface area contributed by atoms with Crippen LogP contribution in [0, 0.1) is 5.92 Å². The van der Waals surface area contributed by atoms with Crippen molar-refractivity contribution in [2.24, 2.45) is 13.0 Å². The molecule has 1 amide bonds. The Morgan fingerprint density at radius 3 is 2.47 bits per heavy atom. The average molecular weight is 406 g/mol. The van der Waals surface area contributed by atoms with Crippen LogP contribution in [0.5, 0.6) is 0 Å². The molecular weight excluding hydrogens is 378 g/mol. The molecule has 1 aliphatic rings. The fourth-order valence-corrected chi connectivity index (χ4v) is 3.97. The van der Waals surface area contributed by atoms with E-state index in [4.69, 9.17) is 0 Å². The maximum Gasteiger partial charge on any atom is 0.255 e. The minimum atomic E-state index is -0.600. The summed E-state index contributed by atoms with van der Waals surface area (Å²) in [6, 6.07) is 13.7. The van der Waals surface area contributed by atoms with E-state index < -0.39 is 6.10 Å². The quantitative estimate of drug-likeness (QED) is 0.706. The molecule has 2 aromatic heterocycles. The summed E-state index contributed by atoms with van der Waals surface area (Å²) in [5.41, 5.74) is 1.63. The van der Waals surface area contributed by atoms with E-state index in [0.717, 1.165) is 24.3 Å². The summed E-state index contributed by atoms with van der Waals surface area (Å²) >= 11 is 0. The first-order chi connectivity index (χ1) is 14.5. The number of likely N-dealkylation sites (tertiary alicyclic amines) is 1. The Morgan fingerprint density at radius 1 is 1.13 bits per heavy atom. The first-order valence-electron chi connectivity index (χ1n) is 10.2. The number of pyridine rings is 1.